The zero-order valence-corrected chi connectivity index (χ0v) is 15.5. The Bertz CT molecular complexity index is 910. The molecule has 3 rings (SSSR count). The van der Waals surface area contributed by atoms with Gasteiger partial charge in [-0.3, -0.25) is 4.79 Å². The standard InChI is InChI=1S/C19H20ClF2N3O2/c1-25-10-12(6-9-15(25)26)23-19(27)24-18(11-4-2-3-5-11)16-14(21)8-7-13(20)17(16)22/h6-11,18H,2-5H2,1H3,(H2,23,24,27)/t18-/m0/s1. The smallest absolute Gasteiger partial charge is 0.319 e. The first-order valence-electron chi connectivity index (χ1n) is 8.74. The van der Waals surface area contributed by atoms with Gasteiger partial charge in [0.25, 0.3) is 0 Å². The minimum absolute atomic E-state index is 0.0849. The Morgan fingerprint density at radius 1 is 1.22 bits per heavy atom. The molecule has 1 aromatic heterocycles. The molecular formula is C19H20ClF2N3O2. The largest absolute Gasteiger partial charge is 0.331 e. The minimum Gasteiger partial charge on any atom is -0.331 e. The predicted octanol–water partition coefficient (Wildman–Crippen LogP) is 4.37. The van der Waals surface area contributed by atoms with Gasteiger partial charge < -0.3 is 15.2 Å². The van der Waals surface area contributed by atoms with E-state index in [1.807, 2.05) is 0 Å². The number of halogens is 3. The van der Waals surface area contributed by atoms with E-state index in [1.54, 1.807) is 7.05 Å². The maximum atomic E-state index is 14.6. The second-order valence-electron chi connectivity index (χ2n) is 6.74. The van der Waals surface area contributed by atoms with Gasteiger partial charge >= 0.3 is 6.03 Å². The number of amides is 2. The van der Waals surface area contributed by atoms with Crippen molar-refractivity contribution in [1.82, 2.24) is 9.88 Å². The lowest BCUT2D eigenvalue weighted by atomic mass is 9.91. The van der Waals surface area contributed by atoms with Crippen LogP contribution in [-0.2, 0) is 7.05 Å². The molecule has 1 saturated carbocycles. The highest BCUT2D eigenvalue weighted by Gasteiger charge is 2.32. The first-order chi connectivity index (χ1) is 12.9. The first-order valence-corrected chi connectivity index (χ1v) is 9.12. The molecule has 1 atom stereocenters. The highest BCUT2D eigenvalue weighted by atomic mass is 35.5. The van der Waals surface area contributed by atoms with Crippen LogP contribution in [0.15, 0.2) is 35.3 Å². The van der Waals surface area contributed by atoms with Crippen LogP contribution in [0.1, 0.15) is 37.3 Å². The number of pyridine rings is 1. The number of nitrogens with zero attached hydrogens (tertiary/aromatic N) is 1. The number of aryl methyl sites for hydroxylation is 1. The average Bonchev–Trinajstić information content (AvgIpc) is 3.15. The fourth-order valence-electron chi connectivity index (χ4n) is 3.52. The maximum absolute atomic E-state index is 14.6. The molecule has 144 valence electrons. The van der Waals surface area contributed by atoms with Gasteiger partial charge in [-0.05, 0) is 37.0 Å². The summed E-state index contributed by atoms with van der Waals surface area (Å²) >= 11 is 5.83. The molecule has 5 nitrogen and oxygen atoms in total. The van der Waals surface area contributed by atoms with Gasteiger partial charge in [0.1, 0.15) is 11.6 Å². The number of rotatable bonds is 4. The summed E-state index contributed by atoms with van der Waals surface area (Å²) in [7, 11) is 1.56. The van der Waals surface area contributed by atoms with E-state index in [0.717, 1.165) is 37.8 Å². The molecule has 2 N–H and O–H groups in total. The Morgan fingerprint density at radius 2 is 1.93 bits per heavy atom. The number of benzene rings is 1. The third kappa shape index (κ3) is 4.30. The summed E-state index contributed by atoms with van der Waals surface area (Å²) in [4.78, 5) is 23.9. The van der Waals surface area contributed by atoms with Crippen LogP contribution in [-0.4, -0.2) is 10.6 Å². The number of hydrogen-bond acceptors (Lipinski definition) is 2. The Morgan fingerprint density at radius 3 is 2.59 bits per heavy atom. The van der Waals surface area contributed by atoms with E-state index in [9.17, 15) is 18.4 Å². The van der Waals surface area contributed by atoms with E-state index in [1.165, 1.54) is 22.9 Å². The second kappa shape index (κ2) is 8.08. The summed E-state index contributed by atoms with van der Waals surface area (Å²) in [6, 6.07) is 3.61. The molecule has 27 heavy (non-hydrogen) atoms. The van der Waals surface area contributed by atoms with Crippen molar-refractivity contribution in [3.8, 4) is 0 Å². The summed E-state index contributed by atoms with van der Waals surface area (Å²) < 4.78 is 30.3. The number of anilines is 1. The molecule has 0 spiro atoms. The Kier molecular flexibility index (Phi) is 5.79. The Labute approximate surface area is 160 Å². The fourth-order valence-corrected chi connectivity index (χ4v) is 3.69. The van der Waals surface area contributed by atoms with Gasteiger partial charge in [0.15, 0.2) is 0 Å². The average molecular weight is 396 g/mol. The normalized spacial score (nSPS) is 15.6. The molecule has 0 aliphatic heterocycles. The molecule has 1 aliphatic rings. The van der Waals surface area contributed by atoms with E-state index >= 15 is 0 Å². The molecule has 2 amide bonds. The first kappa shape index (κ1) is 19.4. The molecule has 1 aromatic carbocycles. The van der Waals surface area contributed by atoms with E-state index in [4.69, 9.17) is 11.6 Å². The minimum atomic E-state index is -0.851. The summed E-state index contributed by atoms with van der Waals surface area (Å²) in [5.74, 6) is -1.68. The van der Waals surface area contributed by atoms with Crippen molar-refractivity contribution in [2.75, 3.05) is 5.32 Å². The van der Waals surface area contributed by atoms with Crippen molar-refractivity contribution in [3.05, 3.63) is 63.0 Å². The number of nitrogens with one attached hydrogen (secondary N) is 2. The lowest BCUT2D eigenvalue weighted by molar-refractivity contribution is 0.241. The molecule has 0 saturated heterocycles. The van der Waals surface area contributed by atoms with Crippen LogP contribution in [0.4, 0.5) is 19.3 Å². The van der Waals surface area contributed by atoms with E-state index in [2.05, 4.69) is 10.6 Å². The van der Waals surface area contributed by atoms with Crippen LogP contribution in [0.5, 0.6) is 0 Å². The lowest BCUT2D eigenvalue weighted by Gasteiger charge is -2.26. The molecular weight excluding hydrogens is 376 g/mol. The summed E-state index contributed by atoms with van der Waals surface area (Å²) in [5.41, 5.74) is -0.0373. The van der Waals surface area contributed by atoms with E-state index in [0.29, 0.717) is 5.69 Å². The highest BCUT2D eigenvalue weighted by Crippen LogP contribution is 2.39. The predicted molar refractivity (Wildman–Crippen MR) is 99.9 cm³/mol. The molecule has 0 unspecified atom stereocenters. The van der Waals surface area contributed by atoms with Crippen LogP contribution in [0.3, 0.4) is 0 Å². The van der Waals surface area contributed by atoms with E-state index < -0.39 is 23.7 Å². The van der Waals surface area contributed by atoms with Gasteiger partial charge in [0.2, 0.25) is 5.56 Å². The third-order valence-electron chi connectivity index (χ3n) is 4.89. The summed E-state index contributed by atoms with van der Waals surface area (Å²) in [5, 5.41) is 5.10. The summed E-state index contributed by atoms with van der Waals surface area (Å²) in [6.45, 7) is 0. The van der Waals surface area contributed by atoms with E-state index in [-0.39, 0.29) is 22.1 Å². The number of urea groups is 1. The van der Waals surface area contributed by atoms with Crippen LogP contribution in [0.25, 0.3) is 0 Å². The maximum Gasteiger partial charge on any atom is 0.319 e. The SMILES string of the molecule is Cn1cc(NC(=O)N[C@H](c2c(F)ccc(Cl)c2F)C2CCCC2)ccc1=O. The molecule has 0 bridgehead atoms. The van der Waals surface area contributed by atoms with Gasteiger partial charge in [-0.2, -0.15) is 0 Å². The monoisotopic (exact) mass is 395 g/mol. The zero-order chi connectivity index (χ0) is 19.6. The van der Waals surface area contributed by atoms with Gasteiger partial charge in [0.05, 0.1) is 16.8 Å². The van der Waals surface area contributed by atoms with Gasteiger partial charge in [-0.15, -0.1) is 0 Å². The number of aromatic nitrogens is 1. The fraction of sp³-hybridized carbons (Fsp3) is 0.368. The van der Waals surface area contributed by atoms with Crippen LogP contribution >= 0.6 is 11.6 Å². The zero-order valence-electron chi connectivity index (χ0n) is 14.8. The van der Waals surface area contributed by atoms with Crippen molar-refractivity contribution in [1.29, 1.82) is 0 Å². The van der Waals surface area contributed by atoms with Crippen molar-refractivity contribution >= 4 is 23.3 Å². The van der Waals surface area contributed by atoms with Crippen molar-refractivity contribution in [2.45, 2.75) is 31.7 Å². The number of carbonyl (C=O) groups excluding carboxylic acids is 1. The Hall–Kier alpha value is -2.41. The van der Waals surface area contributed by atoms with Gasteiger partial charge in [0, 0.05) is 24.9 Å². The third-order valence-corrected chi connectivity index (χ3v) is 5.18. The molecule has 1 fully saturated rings. The quantitative estimate of drug-likeness (QED) is 0.755. The highest BCUT2D eigenvalue weighted by molar-refractivity contribution is 6.30. The topological polar surface area (TPSA) is 63.1 Å². The van der Waals surface area contributed by atoms with Gasteiger partial charge in [-0.25, -0.2) is 13.6 Å². The molecule has 0 radical (unpaired) electrons. The van der Waals surface area contributed by atoms with Crippen molar-refractivity contribution < 1.29 is 13.6 Å². The van der Waals surface area contributed by atoms with Crippen molar-refractivity contribution in [3.63, 3.8) is 0 Å². The number of carbonyl (C=O) groups is 1. The van der Waals surface area contributed by atoms with Crippen LogP contribution in [0, 0.1) is 17.6 Å². The van der Waals surface area contributed by atoms with Crippen LogP contribution in [0.2, 0.25) is 5.02 Å². The second-order valence-corrected chi connectivity index (χ2v) is 7.15. The molecule has 1 heterocycles. The van der Waals surface area contributed by atoms with Crippen molar-refractivity contribution in [2.24, 2.45) is 13.0 Å². The molecule has 8 heteroatoms. The molecule has 2 aromatic rings. The van der Waals surface area contributed by atoms with Gasteiger partial charge in [-0.1, -0.05) is 24.4 Å². The lowest BCUT2D eigenvalue weighted by Crippen LogP contribution is -2.37. The molecule has 1 aliphatic carbocycles. The Balaban J connectivity index is 1.86. The number of hydrogen-bond donors (Lipinski definition) is 2. The van der Waals surface area contributed by atoms with Crippen LogP contribution < -0.4 is 16.2 Å². The summed E-state index contributed by atoms with van der Waals surface area (Å²) in [6.07, 6.45) is 4.86.